The minimum Gasteiger partial charge on any atom is -0.461 e. The Bertz CT molecular complexity index is 853. The van der Waals surface area contributed by atoms with Crippen LogP contribution in [0.2, 0.25) is 0 Å². The molecule has 1 aliphatic heterocycles. The molecule has 0 bridgehead atoms. The summed E-state index contributed by atoms with van der Waals surface area (Å²) in [5.74, 6) is 1.93. The molecule has 2 aliphatic rings. The highest BCUT2D eigenvalue weighted by Crippen LogP contribution is 2.37. The van der Waals surface area contributed by atoms with Crippen LogP contribution in [0, 0.1) is 13.8 Å². The molecule has 2 nitrogen and oxygen atoms in total. The van der Waals surface area contributed by atoms with Gasteiger partial charge in [-0.25, -0.2) is 4.58 Å². The smallest absolute Gasteiger partial charge is 0.203 e. The summed E-state index contributed by atoms with van der Waals surface area (Å²) in [6.45, 7) is 10.5. The number of nitrogens with zero attached hydrogens (tertiary/aromatic N) is 1. The summed E-state index contributed by atoms with van der Waals surface area (Å²) >= 11 is 0. The third-order valence-corrected chi connectivity index (χ3v) is 4.59. The van der Waals surface area contributed by atoms with Crippen LogP contribution in [0.15, 0.2) is 52.9 Å². The second-order valence-electron chi connectivity index (χ2n) is 5.88. The van der Waals surface area contributed by atoms with Crippen LogP contribution in [0.25, 0.3) is 22.5 Å². The average molecular weight is 306 g/mol. The Morgan fingerprint density at radius 1 is 0.913 bits per heavy atom. The maximum atomic E-state index is 6.11. The predicted octanol–water partition coefficient (Wildman–Crippen LogP) is 4.48. The number of aryl methyl sites for hydroxylation is 1. The Hall–Kier alpha value is -2.35. The molecule has 3 rings (SSSR count). The van der Waals surface area contributed by atoms with E-state index in [9.17, 15) is 0 Å². The molecule has 0 N–H and O–H groups in total. The summed E-state index contributed by atoms with van der Waals surface area (Å²) < 4.78 is 8.45. The Balaban J connectivity index is 2.35. The van der Waals surface area contributed by atoms with Crippen LogP contribution in [0.1, 0.15) is 25.2 Å². The summed E-state index contributed by atoms with van der Waals surface area (Å²) in [7, 11) is 0. The van der Waals surface area contributed by atoms with Gasteiger partial charge in [0.1, 0.15) is 24.6 Å². The minimum atomic E-state index is 0.955. The van der Waals surface area contributed by atoms with Crippen LogP contribution in [0.4, 0.5) is 0 Å². The van der Waals surface area contributed by atoms with Gasteiger partial charge in [-0.1, -0.05) is 30.3 Å². The molecule has 0 unspecified atom stereocenters. The van der Waals surface area contributed by atoms with E-state index in [4.69, 9.17) is 4.42 Å². The largest absolute Gasteiger partial charge is 0.461 e. The lowest BCUT2D eigenvalue weighted by Gasteiger charge is -2.16. The van der Waals surface area contributed by atoms with Crippen molar-refractivity contribution in [3.8, 4) is 22.5 Å². The van der Waals surface area contributed by atoms with Gasteiger partial charge in [0.05, 0.1) is 6.07 Å². The van der Waals surface area contributed by atoms with Gasteiger partial charge < -0.3 is 4.42 Å². The van der Waals surface area contributed by atoms with Crippen LogP contribution in [-0.2, 0) is 0 Å². The van der Waals surface area contributed by atoms with E-state index < -0.39 is 0 Å². The van der Waals surface area contributed by atoms with Crippen molar-refractivity contribution >= 4 is 0 Å². The lowest BCUT2D eigenvalue weighted by molar-refractivity contribution is 0.523. The molecule has 1 heterocycles. The molecule has 0 saturated heterocycles. The highest BCUT2D eigenvalue weighted by molar-refractivity contribution is 5.84. The molecule has 0 aromatic heterocycles. The normalized spacial score (nSPS) is 11.0. The highest BCUT2D eigenvalue weighted by Gasteiger charge is 2.18. The van der Waals surface area contributed by atoms with Gasteiger partial charge in [0.15, 0.2) is 0 Å². The van der Waals surface area contributed by atoms with Crippen molar-refractivity contribution in [3.63, 3.8) is 0 Å². The first-order valence-electron chi connectivity index (χ1n) is 8.33. The van der Waals surface area contributed by atoms with Crippen LogP contribution in [-0.4, -0.2) is 13.1 Å². The van der Waals surface area contributed by atoms with E-state index in [-0.39, 0.29) is 0 Å². The number of hydrogen-bond donors (Lipinski definition) is 0. The first-order valence-corrected chi connectivity index (χ1v) is 8.33. The van der Waals surface area contributed by atoms with Crippen LogP contribution < -0.4 is 9.93 Å². The van der Waals surface area contributed by atoms with E-state index in [1.54, 1.807) is 0 Å². The Morgan fingerprint density at radius 2 is 1.61 bits per heavy atom. The maximum absolute atomic E-state index is 6.11. The summed E-state index contributed by atoms with van der Waals surface area (Å²) in [5.41, 5.74) is 4.90. The van der Waals surface area contributed by atoms with Crippen LogP contribution in [0.3, 0.4) is 0 Å². The lowest BCUT2D eigenvalue weighted by Crippen LogP contribution is -2.29. The van der Waals surface area contributed by atoms with Gasteiger partial charge in [-0.05, 0) is 50.5 Å². The molecule has 1 aromatic rings. The van der Waals surface area contributed by atoms with E-state index in [1.807, 2.05) is 6.92 Å². The fraction of sp³-hybridized carbons (Fsp3) is 0.286. The molecule has 2 heteroatoms. The zero-order chi connectivity index (χ0) is 16.4. The Kier molecular flexibility index (Phi) is 4.33. The van der Waals surface area contributed by atoms with Gasteiger partial charge >= 0.3 is 0 Å². The first kappa shape index (κ1) is 15.5. The van der Waals surface area contributed by atoms with E-state index in [2.05, 4.69) is 73.9 Å². The third kappa shape index (κ3) is 2.81. The molecular weight excluding hydrogens is 282 g/mol. The Morgan fingerprint density at radius 3 is 2.26 bits per heavy atom. The number of hydrogen-bond acceptors (Lipinski definition) is 1. The third-order valence-electron chi connectivity index (χ3n) is 4.59. The number of benzene rings is 2. The standard InChI is InChI=1S/C21H24NO/c1-5-22(6-2)18-12-13-19-20(14-18)23-16(4)15(3)21(19)17-10-8-7-9-11-17/h7-14H,5-6H2,1-4H3/q+1. The molecule has 23 heavy (non-hydrogen) atoms. The monoisotopic (exact) mass is 306 g/mol. The Labute approximate surface area is 138 Å². The van der Waals surface area contributed by atoms with Gasteiger partial charge in [-0.2, -0.15) is 0 Å². The molecular formula is C21H24NO+. The molecule has 0 spiro atoms. The molecule has 0 fully saturated rings. The SMILES string of the molecule is CC[N+](CC)=c1ccc2c(-c3ccccc3)c(C)c(C)oc-2c1. The van der Waals surface area contributed by atoms with Crippen molar-refractivity contribution in [1.82, 2.24) is 4.58 Å². The summed E-state index contributed by atoms with van der Waals surface area (Å²) in [6.07, 6.45) is 0. The molecule has 0 saturated carbocycles. The van der Waals surface area contributed by atoms with Gasteiger partial charge in [-0.15, -0.1) is 0 Å². The lowest BCUT2D eigenvalue weighted by atomic mass is 9.93. The molecule has 0 radical (unpaired) electrons. The first-order chi connectivity index (χ1) is 11.2. The minimum absolute atomic E-state index is 0.955. The molecule has 0 amide bonds. The average Bonchev–Trinajstić information content (AvgIpc) is 2.58. The van der Waals surface area contributed by atoms with Crippen molar-refractivity contribution in [2.75, 3.05) is 13.1 Å². The zero-order valence-corrected chi connectivity index (χ0v) is 14.4. The molecule has 1 aliphatic carbocycles. The zero-order valence-electron chi connectivity index (χ0n) is 14.4. The molecule has 0 atom stereocenters. The van der Waals surface area contributed by atoms with Gasteiger partial charge in [0, 0.05) is 11.6 Å². The van der Waals surface area contributed by atoms with Crippen LogP contribution >= 0.6 is 0 Å². The predicted molar refractivity (Wildman–Crippen MR) is 96.6 cm³/mol. The van der Waals surface area contributed by atoms with Crippen molar-refractivity contribution in [2.24, 2.45) is 0 Å². The van der Waals surface area contributed by atoms with E-state index in [1.165, 1.54) is 27.6 Å². The van der Waals surface area contributed by atoms with Gasteiger partial charge in [0.2, 0.25) is 5.36 Å². The van der Waals surface area contributed by atoms with Crippen LogP contribution in [0.5, 0.6) is 0 Å². The highest BCUT2D eigenvalue weighted by atomic mass is 16.3. The van der Waals surface area contributed by atoms with Crippen molar-refractivity contribution in [1.29, 1.82) is 0 Å². The van der Waals surface area contributed by atoms with Crippen molar-refractivity contribution < 1.29 is 4.42 Å². The summed E-state index contributed by atoms with van der Waals surface area (Å²) in [6, 6.07) is 17.1. The van der Waals surface area contributed by atoms with Crippen molar-refractivity contribution in [2.45, 2.75) is 27.7 Å². The molecule has 118 valence electrons. The topological polar surface area (TPSA) is 16.1 Å². The van der Waals surface area contributed by atoms with Crippen molar-refractivity contribution in [3.05, 3.63) is 65.2 Å². The second kappa shape index (κ2) is 6.41. The van der Waals surface area contributed by atoms with E-state index in [0.717, 1.165) is 24.6 Å². The summed E-state index contributed by atoms with van der Waals surface area (Å²) in [5, 5.41) is 1.22. The van der Waals surface area contributed by atoms with Gasteiger partial charge in [0.25, 0.3) is 0 Å². The fourth-order valence-corrected chi connectivity index (χ4v) is 3.18. The maximum Gasteiger partial charge on any atom is 0.203 e. The second-order valence-corrected chi connectivity index (χ2v) is 5.88. The fourth-order valence-electron chi connectivity index (χ4n) is 3.18. The van der Waals surface area contributed by atoms with E-state index in [0.29, 0.717) is 0 Å². The molecule has 1 aromatic carbocycles. The summed E-state index contributed by atoms with van der Waals surface area (Å²) in [4.78, 5) is 0. The van der Waals surface area contributed by atoms with Gasteiger partial charge in [-0.3, -0.25) is 0 Å². The van der Waals surface area contributed by atoms with E-state index >= 15 is 0 Å². The quantitative estimate of drug-likeness (QED) is 0.652. The number of rotatable bonds is 3. The number of fused-ring (bicyclic) bond motifs is 1.